The van der Waals surface area contributed by atoms with Crippen LogP contribution in [0.1, 0.15) is 24.6 Å². The highest BCUT2D eigenvalue weighted by Gasteiger charge is 2.27. The van der Waals surface area contributed by atoms with E-state index < -0.39 is 0 Å². The van der Waals surface area contributed by atoms with Crippen LogP contribution in [0.4, 0.5) is 17.3 Å². The van der Waals surface area contributed by atoms with Gasteiger partial charge in [0.15, 0.2) is 0 Å². The summed E-state index contributed by atoms with van der Waals surface area (Å²) in [5.74, 6) is 2.52. The summed E-state index contributed by atoms with van der Waals surface area (Å²) in [6, 6.07) is 9.22. The normalized spacial score (nSPS) is 14.5. The van der Waals surface area contributed by atoms with Crippen LogP contribution in [0.2, 0.25) is 5.02 Å². The van der Waals surface area contributed by atoms with E-state index in [1.807, 2.05) is 24.3 Å². The molecule has 1 heterocycles. The van der Waals surface area contributed by atoms with Gasteiger partial charge in [-0.1, -0.05) is 17.7 Å². The first-order valence-electron chi connectivity index (χ1n) is 5.88. The predicted octanol–water partition coefficient (Wildman–Crippen LogP) is 3.33. The number of hydrogen-bond donors (Lipinski definition) is 2. The zero-order chi connectivity index (χ0) is 12.5. The Morgan fingerprint density at radius 3 is 2.78 bits per heavy atom. The maximum Gasteiger partial charge on any atom is 0.136 e. The summed E-state index contributed by atoms with van der Waals surface area (Å²) in [5, 5.41) is 3.88. The van der Waals surface area contributed by atoms with Crippen LogP contribution in [0.25, 0.3) is 0 Å². The Labute approximate surface area is 110 Å². The molecule has 1 fully saturated rings. The third-order valence-electron chi connectivity index (χ3n) is 2.80. The molecule has 1 saturated carbocycles. The first kappa shape index (κ1) is 11.3. The molecule has 0 saturated heterocycles. The van der Waals surface area contributed by atoms with Gasteiger partial charge in [0, 0.05) is 22.7 Å². The number of hydrogen-bond acceptors (Lipinski definition) is 4. The molecule has 1 aromatic carbocycles. The average molecular weight is 261 g/mol. The number of nitrogen functional groups attached to an aromatic ring is 1. The molecular weight excluding hydrogens is 248 g/mol. The molecular formula is C13H13ClN4. The van der Waals surface area contributed by atoms with E-state index in [-0.39, 0.29) is 0 Å². The molecule has 1 aromatic heterocycles. The first-order chi connectivity index (χ1) is 8.70. The number of rotatable bonds is 3. The van der Waals surface area contributed by atoms with E-state index in [1.54, 1.807) is 6.07 Å². The van der Waals surface area contributed by atoms with Crippen LogP contribution >= 0.6 is 11.6 Å². The van der Waals surface area contributed by atoms with Gasteiger partial charge in [-0.3, -0.25) is 0 Å². The number of aromatic nitrogens is 2. The minimum absolute atomic E-state index is 0.480. The summed E-state index contributed by atoms with van der Waals surface area (Å²) >= 11 is 5.94. The fourth-order valence-electron chi connectivity index (χ4n) is 1.79. The van der Waals surface area contributed by atoms with E-state index in [0.717, 1.165) is 24.4 Å². The fourth-order valence-corrected chi connectivity index (χ4v) is 1.98. The van der Waals surface area contributed by atoms with Crippen molar-refractivity contribution in [1.29, 1.82) is 0 Å². The minimum atomic E-state index is 0.480. The molecule has 1 aliphatic carbocycles. The highest BCUT2D eigenvalue weighted by molar-refractivity contribution is 6.30. The SMILES string of the molecule is Nc1cc(Nc2cccc(Cl)c2)nc(C2CC2)n1. The third-order valence-corrected chi connectivity index (χ3v) is 3.04. The second-order valence-corrected chi connectivity index (χ2v) is 4.88. The Morgan fingerprint density at radius 2 is 2.06 bits per heavy atom. The number of benzene rings is 1. The Kier molecular flexibility index (Phi) is 2.80. The molecule has 0 radical (unpaired) electrons. The maximum atomic E-state index is 5.94. The predicted molar refractivity (Wildman–Crippen MR) is 73.2 cm³/mol. The molecule has 3 N–H and O–H groups in total. The summed E-state index contributed by atoms with van der Waals surface area (Å²) in [5.41, 5.74) is 6.68. The Morgan fingerprint density at radius 1 is 1.22 bits per heavy atom. The van der Waals surface area contributed by atoms with E-state index in [0.29, 0.717) is 22.6 Å². The van der Waals surface area contributed by atoms with Gasteiger partial charge in [-0.15, -0.1) is 0 Å². The van der Waals surface area contributed by atoms with E-state index in [9.17, 15) is 0 Å². The molecule has 2 aromatic rings. The summed E-state index contributed by atoms with van der Waals surface area (Å²) in [4.78, 5) is 8.73. The second kappa shape index (κ2) is 4.46. The molecule has 0 unspecified atom stereocenters. The molecule has 0 amide bonds. The topological polar surface area (TPSA) is 63.8 Å². The Balaban J connectivity index is 1.87. The minimum Gasteiger partial charge on any atom is -0.384 e. The van der Waals surface area contributed by atoms with Crippen molar-refractivity contribution in [3.8, 4) is 0 Å². The molecule has 18 heavy (non-hydrogen) atoms. The van der Waals surface area contributed by atoms with E-state index >= 15 is 0 Å². The van der Waals surface area contributed by atoms with Crippen molar-refractivity contribution in [3.05, 3.63) is 41.2 Å². The van der Waals surface area contributed by atoms with Gasteiger partial charge in [-0.2, -0.15) is 0 Å². The maximum absolute atomic E-state index is 5.94. The van der Waals surface area contributed by atoms with Crippen molar-refractivity contribution in [1.82, 2.24) is 9.97 Å². The van der Waals surface area contributed by atoms with Crippen molar-refractivity contribution in [3.63, 3.8) is 0 Å². The van der Waals surface area contributed by atoms with Gasteiger partial charge in [-0.05, 0) is 31.0 Å². The van der Waals surface area contributed by atoms with Crippen molar-refractivity contribution in [2.45, 2.75) is 18.8 Å². The summed E-state index contributed by atoms with van der Waals surface area (Å²) < 4.78 is 0. The van der Waals surface area contributed by atoms with Crippen LogP contribution in [-0.2, 0) is 0 Å². The molecule has 0 spiro atoms. The van der Waals surface area contributed by atoms with Crippen LogP contribution in [0.15, 0.2) is 30.3 Å². The Bertz CT molecular complexity index is 581. The van der Waals surface area contributed by atoms with E-state index in [4.69, 9.17) is 17.3 Å². The van der Waals surface area contributed by atoms with E-state index in [2.05, 4.69) is 15.3 Å². The number of halogens is 1. The van der Waals surface area contributed by atoms with Gasteiger partial charge in [0.25, 0.3) is 0 Å². The van der Waals surface area contributed by atoms with Gasteiger partial charge in [-0.25, -0.2) is 9.97 Å². The van der Waals surface area contributed by atoms with Gasteiger partial charge in [0.05, 0.1) is 0 Å². The largest absolute Gasteiger partial charge is 0.384 e. The quantitative estimate of drug-likeness (QED) is 0.888. The number of nitrogens with zero attached hydrogens (tertiary/aromatic N) is 2. The summed E-state index contributed by atoms with van der Waals surface area (Å²) in [6.45, 7) is 0. The fraction of sp³-hybridized carbons (Fsp3) is 0.231. The average Bonchev–Trinajstić information content (AvgIpc) is 3.11. The summed E-state index contributed by atoms with van der Waals surface area (Å²) in [7, 11) is 0. The molecule has 4 nitrogen and oxygen atoms in total. The van der Waals surface area contributed by atoms with Gasteiger partial charge in [0.2, 0.25) is 0 Å². The molecule has 92 valence electrons. The lowest BCUT2D eigenvalue weighted by atomic mass is 10.3. The lowest BCUT2D eigenvalue weighted by Crippen LogP contribution is -2.02. The zero-order valence-corrected chi connectivity index (χ0v) is 10.5. The summed E-state index contributed by atoms with van der Waals surface area (Å²) in [6.07, 6.45) is 2.31. The van der Waals surface area contributed by atoms with Crippen molar-refractivity contribution >= 4 is 28.9 Å². The molecule has 3 rings (SSSR count). The van der Waals surface area contributed by atoms with Crippen LogP contribution in [0.5, 0.6) is 0 Å². The smallest absolute Gasteiger partial charge is 0.136 e. The molecule has 0 bridgehead atoms. The van der Waals surface area contributed by atoms with Crippen LogP contribution < -0.4 is 11.1 Å². The van der Waals surface area contributed by atoms with Crippen LogP contribution in [-0.4, -0.2) is 9.97 Å². The van der Waals surface area contributed by atoms with Crippen LogP contribution in [0, 0.1) is 0 Å². The molecule has 5 heteroatoms. The highest BCUT2D eigenvalue weighted by Crippen LogP contribution is 2.38. The molecule has 0 atom stereocenters. The second-order valence-electron chi connectivity index (χ2n) is 4.45. The Hall–Kier alpha value is -1.81. The molecule has 1 aliphatic rings. The number of nitrogens with one attached hydrogen (secondary N) is 1. The van der Waals surface area contributed by atoms with Gasteiger partial charge >= 0.3 is 0 Å². The van der Waals surface area contributed by atoms with Crippen molar-refractivity contribution in [2.75, 3.05) is 11.1 Å². The molecule has 0 aliphatic heterocycles. The van der Waals surface area contributed by atoms with Gasteiger partial charge < -0.3 is 11.1 Å². The standard InChI is InChI=1S/C13H13ClN4/c14-9-2-1-3-10(6-9)16-12-7-11(15)17-13(18-12)8-4-5-8/h1-3,6-8H,4-5H2,(H3,15,16,17,18). The number of nitrogens with two attached hydrogens (primary N) is 1. The van der Waals surface area contributed by atoms with Crippen LogP contribution in [0.3, 0.4) is 0 Å². The lowest BCUT2D eigenvalue weighted by molar-refractivity contribution is 0.936. The van der Waals surface area contributed by atoms with Gasteiger partial charge in [0.1, 0.15) is 17.5 Å². The van der Waals surface area contributed by atoms with Crippen molar-refractivity contribution < 1.29 is 0 Å². The zero-order valence-electron chi connectivity index (χ0n) is 9.73. The third kappa shape index (κ3) is 2.54. The number of anilines is 3. The van der Waals surface area contributed by atoms with E-state index in [1.165, 1.54) is 0 Å². The van der Waals surface area contributed by atoms with Crippen molar-refractivity contribution in [2.24, 2.45) is 0 Å². The lowest BCUT2D eigenvalue weighted by Gasteiger charge is -2.08. The monoisotopic (exact) mass is 260 g/mol. The highest BCUT2D eigenvalue weighted by atomic mass is 35.5. The first-order valence-corrected chi connectivity index (χ1v) is 6.25.